The van der Waals surface area contributed by atoms with Crippen LogP contribution in [0.1, 0.15) is 25.8 Å². The Labute approximate surface area is 125 Å². The molecule has 0 aliphatic carbocycles. The predicted molar refractivity (Wildman–Crippen MR) is 80.1 cm³/mol. The van der Waals surface area contributed by atoms with Gasteiger partial charge in [0.25, 0.3) is 0 Å². The lowest BCUT2D eigenvalue weighted by molar-refractivity contribution is -0.140. The van der Waals surface area contributed by atoms with E-state index in [4.69, 9.17) is 4.74 Å². The molecular weight excluding hydrogens is 268 g/mol. The highest BCUT2D eigenvalue weighted by atomic mass is 16.5. The fraction of sp³-hybridized carbons (Fsp3) is 0.500. The Kier molecular flexibility index (Phi) is 4.96. The topological polar surface area (TPSA) is 58.6 Å². The summed E-state index contributed by atoms with van der Waals surface area (Å²) in [4.78, 5) is 25.3. The van der Waals surface area contributed by atoms with E-state index in [2.05, 4.69) is 5.32 Å². The minimum atomic E-state index is -0.394. The van der Waals surface area contributed by atoms with Gasteiger partial charge in [-0.1, -0.05) is 18.2 Å². The zero-order chi connectivity index (χ0) is 15.4. The monoisotopic (exact) mass is 290 g/mol. The van der Waals surface area contributed by atoms with Crippen LogP contribution in [-0.2, 0) is 16.0 Å². The summed E-state index contributed by atoms with van der Waals surface area (Å²) in [6.07, 6.45) is 1.01. The van der Waals surface area contributed by atoms with E-state index in [-0.39, 0.29) is 24.3 Å². The fourth-order valence-corrected chi connectivity index (χ4v) is 2.64. The average Bonchev–Trinajstić information content (AvgIpc) is 2.74. The van der Waals surface area contributed by atoms with Crippen LogP contribution in [0.3, 0.4) is 0 Å². The molecule has 0 radical (unpaired) electrons. The van der Waals surface area contributed by atoms with Gasteiger partial charge in [0.1, 0.15) is 5.75 Å². The van der Waals surface area contributed by atoms with Gasteiger partial charge in [0.2, 0.25) is 11.8 Å². The van der Waals surface area contributed by atoms with Crippen molar-refractivity contribution in [1.82, 2.24) is 10.2 Å². The molecule has 0 aromatic heterocycles. The zero-order valence-electron chi connectivity index (χ0n) is 12.8. The van der Waals surface area contributed by atoms with Crippen LogP contribution in [0.4, 0.5) is 0 Å². The molecule has 1 aliphatic heterocycles. The number of para-hydroxylation sites is 1. The van der Waals surface area contributed by atoms with Gasteiger partial charge in [-0.15, -0.1) is 0 Å². The summed E-state index contributed by atoms with van der Waals surface area (Å²) in [7, 11) is 1.64. The molecule has 1 unspecified atom stereocenters. The highest BCUT2D eigenvalue weighted by Crippen LogP contribution is 2.19. The molecule has 1 fully saturated rings. The van der Waals surface area contributed by atoms with E-state index in [9.17, 15) is 9.59 Å². The second-order valence-corrected chi connectivity index (χ2v) is 5.47. The van der Waals surface area contributed by atoms with Crippen molar-refractivity contribution in [2.45, 2.75) is 38.8 Å². The lowest BCUT2D eigenvalue weighted by atomic mass is 10.1. The Morgan fingerprint density at radius 1 is 1.33 bits per heavy atom. The number of hydrogen-bond acceptors (Lipinski definition) is 4. The molecule has 1 aliphatic rings. The van der Waals surface area contributed by atoms with Crippen LogP contribution in [0.2, 0.25) is 0 Å². The molecule has 2 rings (SSSR count). The van der Waals surface area contributed by atoms with Crippen molar-refractivity contribution in [2.24, 2.45) is 0 Å². The van der Waals surface area contributed by atoms with E-state index >= 15 is 0 Å². The van der Waals surface area contributed by atoms with Crippen LogP contribution in [0.15, 0.2) is 24.3 Å². The number of nitrogens with one attached hydrogen (secondary N) is 1. The summed E-state index contributed by atoms with van der Waals surface area (Å²) < 4.78 is 5.30. The summed E-state index contributed by atoms with van der Waals surface area (Å²) in [5, 5.41) is 3.18. The van der Waals surface area contributed by atoms with E-state index < -0.39 is 6.04 Å². The minimum absolute atomic E-state index is 0.0778. The third-order valence-electron chi connectivity index (χ3n) is 3.68. The zero-order valence-corrected chi connectivity index (χ0v) is 12.8. The number of amides is 2. The van der Waals surface area contributed by atoms with Gasteiger partial charge in [-0.05, 0) is 31.9 Å². The molecule has 2 amide bonds. The Hall–Kier alpha value is -1.88. The third kappa shape index (κ3) is 3.42. The van der Waals surface area contributed by atoms with Gasteiger partial charge < -0.3 is 10.1 Å². The van der Waals surface area contributed by atoms with Crippen molar-refractivity contribution in [3.63, 3.8) is 0 Å². The molecule has 21 heavy (non-hydrogen) atoms. The van der Waals surface area contributed by atoms with Crippen LogP contribution < -0.4 is 10.1 Å². The molecular formula is C16H22N2O3. The summed E-state index contributed by atoms with van der Waals surface area (Å²) in [5.74, 6) is 0.636. The molecule has 1 aromatic carbocycles. The van der Waals surface area contributed by atoms with Crippen molar-refractivity contribution in [3.05, 3.63) is 29.8 Å². The number of likely N-dealkylation sites (tertiary alicyclic amines) is 1. The van der Waals surface area contributed by atoms with Gasteiger partial charge in [0.15, 0.2) is 0 Å². The molecule has 0 spiro atoms. The summed E-state index contributed by atoms with van der Waals surface area (Å²) in [6.45, 7) is 4.34. The third-order valence-corrected chi connectivity index (χ3v) is 3.68. The second kappa shape index (κ2) is 6.72. The van der Waals surface area contributed by atoms with Crippen molar-refractivity contribution in [2.75, 3.05) is 13.7 Å². The first kappa shape index (κ1) is 15.5. The number of rotatable bonds is 6. The molecule has 1 saturated heterocycles. The molecule has 1 aromatic rings. The molecule has 1 atom stereocenters. The minimum Gasteiger partial charge on any atom is -0.496 e. The molecule has 0 saturated carbocycles. The molecule has 0 bridgehead atoms. The Morgan fingerprint density at radius 3 is 2.67 bits per heavy atom. The summed E-state index contributed by atoms with van der Waals surface area (Å²) in [6, 6.07) is 7.33. The largest absolute Gasteiger partial charge is 0.496 e. The highest BCUT2D eigenvalue weighted by molar-refractivity contribution is 6.05. The van der Waals surface area contributed by atoms with Gasteiger partial charge in [-0.3, -0.25) is 14.5 Å². The maximum Gasteiger partial charge on any atom is 0.247 e. The normalized spacial score (nSPS) is 18.7. The number of imide groups is 1. The maximum atomic E-state index is 12.1. The second-order valence-electron chi connectivity index (χ2n) is 5.47. The van der Waals surface area contributed by atoms with Crippen molar-refractivity contribution in [1.29, 1.82) is 0 Å². The predicted octanol–water partition coefficient (Wildman–Crippen LogP) is 1.36. The van der Waals surface area contributed by atoms with Crippen molar-refractivity contribution in [3.8, 4) is 5.75 Å². The number of carbonyl (C=O) groups excluding carboxylic acids is 2. The quantitative estimate of drug-likeness (QED) is 0.804. The molecule has 1 heterocycles. The molecule has 114 valence electrons. The molecule has 1 N–H and O–H groups in total. The van der Waals surface area contributed by atoms with Gasteiger partial charge in [-0.2, -0.15) is 0 Å². The number of nitrogens with zero attached hydrogens (tertiary/aromatic N) is 1. The molecule has 5 nitrogen and oxygen atoms in total. The van der Waals surface area contributed by atoms with Gasteiger partial charge in [0.05, 0.1) is 19.6 Å². The lowest BCUT2D eigenvalue weighted by Crippen LogP contribution is -2.42. The van der Waals surface area contributed by atoms with Crippen LogP contribution in [0, 0.1) is 0 Å². The van der Waals surface area contributed by atoms with Crippen molar-refractivity contribution < 1.29 is 14.3 Å². The Balaban J connectivity index is 1.90. The maximum absolute atomic E-state index is 12.1. The first-order valence-corrected chi connectivity index (χ1v) is 7.25. The standard InChI is InChI=1S/C16H22N2O3/c1-11(2)18-15(19)10-13(16(18)20)17-9-8-12-6-4-5-7-14(12)21-3/h4-7,11,13,17H,8-10H2,1-3H3. The number of ether oxygens (including phenoxy) is 1. The first-order chi connectivity index (χ1) is 10.0. The Morgan fingerprint density at radius 2 is 2.05 bits per heavy atom. The van der Waals surface area contributed by atoms with Gasteiger partial charge in [-0.25, -0.2) is 0 Å². The highest BCUT2D eigenvalue weighted by Gasteiger charge is 2.39. The number of benzene rings is 1. The SMILES string of the molecule is COc1ccccc1CCNC1CC(=O)N(C(C)C)C1=O. The Bertz CT molecular complexity index is 528. The first-order valence-electron chi connectivity index (χ1n) is 7.25. The van der Waals surface area contributed by atoms with E-state index in [1.807, 2.05) is 38.1 Å². The van der Waals surface area contributed by atoms with Crippen LogP contribution >= 0.6 is 0 Å². The van der Waals surface area contributed by atoms with E-state index in [0.717, 1.165) is 17.7 Å². The molecule has 5 heteroatoms. The van der Waals surface area contributed by atoms with Crippen LogP contribution in [0.5, 0.6) is 5.75 Å². The van der Waals surface area contributed by atoms with Gasteiger partial charge in [0, 0.05) is 12.6 Å². The van der Waals surface area contributed by atoms with Crippen LogP contribution in [0.25, 0.3) is 0 Å². The van der Waals surface area contributed by atoms with E-state index in [0.29, 0.717) is 6.54 Å². The smallest absolute Gasteiger partial charge is 0.247 e. The van der Waals surface area contributed by atoms with E-state index in [1.165, 1.54) is 4.90 Å². The number of hydrogen-bond donors (Lipinski definition) is 1. The number of methoxy groups -OCH3 is 1. The fourth-order valence-electron chi connectivity index (χ4n) is 2.64. The van der Waals surface area contributed by atoms with E-state index in [1.54, 1.807) is 7.11 Å². The van der Waals surface area contributed by atoms with Gasteiger partial charge >= 0.3 is 0 Å². The van der Waals surface area contributed by atoms with Crippen molar-refractivity contribution >= 4 is 11.8 Å². The summed E-state index contributed by atoms with van der Waals surface area (Å²) >= 11 is 0. The summed E-state index contributed by atoms with van der Waals surface area (Å²) in [5.41, 5.74) is 1.09. The lowest BCUT2D eigenvalue weighted by Gasteiger charge is -2.19. The average molecular weight is 290 g/mol. The number of carbonyl (C=O) groups is 2. The van der Waals surface area contributed by atoms with Crippen LogP contribution in [-0.4, -0.2) is 42.5 Å².